The summed E-state index contributed by atoms with van der Waals surface area (Å²) < 4.78 is 10.5. The fourth-order valence-corrected chi connectivity index (χ4v) is 2.79. The number of hydrogen-bond acceptors (Lipinski definition) is 3. The van der Waals surface area contributed by atoms with E-state index in [1.165, 1.54) is 0 Å². The number of amides is 1. The molecule has 1 aromatic rings. The zero-order chi connectivity index (χ0) is 17.0. The molecule has 1 amide bonds. The van der Waals surface area contributed by atoms with Gasteiger partial charge in [0.05, 0.1) is 19.2 Å². The highest BCUT2D eigenvalue weighted by molar-refractivity contribution is 6.32. The van der Waals surface area contributed by atoms with Crippen LogP contribution in [0.3, 0.4) is 0 Å². The van der Waals surface area contributed by atoms with E-state index < -0.39 is 0 Å². The lowest BCUT2D eigenvalue weighted by Gasteiger charge is -2.22. The molecule has 0 spiro atoms. The van der Waals surface area contributed by atoms with Crippen molar-refractivity contribution in [3.8, 4) is 11.5 Å². The van der Waals surface area contributed by atoms with Gasteiger partial charge in [0.2, 0.25) is 5.91 Å². The van der Waals surface area contributed by atoms with Crippen LogP contribution in [0.25, 0.3) is 6.08 Å². The van der Waals surface area contributed by atoms with E-state index in [0.29, 0.717) is 28.5 Å². The average molecular weight is 338 g/mol. The average Bonchev–Trinajstić information content (AvgIpc) is 3.34. The predicted octanol–water partition coefficient (Wildman–Crippen LogP) is 4.02. The molecule has 1 saturated carbocycles. The van der Waals surface area contributed by atoms with Crippen LogP contribution in [0.4, 0.5) is 0 Å². The topological polar surface area (TPSA) is 38.8 Å². The van der Waals surface area contributed by atoms with Crippen molar-refractivity contribution in [2.24, 2.45) is 5.92 Å². The molecular formula is C18H24ClNO3. The second-order valence-electron chi connectivity index (χ2n) is 6.19. The zero-order valence-electron chi connectivity index (χ0n) is 14.1. The van der Waals surface area contributed by atoms with E-state index in [4.69, 9.17) is 21.1 Å². The van der Waals surface area contributed by atoms with Crippen molar-refractivity contribution in [1.82, 2.24) is 4.90 Å². The normalized spacial score (nSPS) is 14.3. The van der Waals surface area contributed by atoms with Crippen LogP contribution < -0.4 is 9.47 Å². The lowest BCUT2D eigenvalue weighted by atomic mass is 10.1. The van der Waals surface area contributed by atoms with Crippen molar-refractivity contribution >= 4 is 23.6 Å². The Morgan fingerprint density at radius 2 is 2.04 bits per heavy atom. The second-order valence-corrected chi connectivity index (χ2v) is 6.59. The lowest BCUT2D eigenvalue weighted by molar-refractivity contribution is -0.127. The van der Waals surface area contributed by atoms with Crippen molar-refractivity contribution in [1.29, 1.82) is 0 Å². The third-order valence-electron chi connectivity index (χ3n) is 3.71. The number of carbonyl (C=O) groups excluding carboxylic acids is 1. The number of nitrogens with zero attached hydrogens (tertiary/aromatic N) is 1. The number of hydrogen-bond donors (Lipinski definition) is 0. The molecule has 0 aromatic heterocycles. The molecule has 4 nitrogen and oxygen atoms in total. The third kappa shape index (κ3) is 4.64. The Morgan fingerprint density at radius 3 is 2.57 bits per heavy atom. The molecular weight excluding hydrogens is 314 g/mol. The van der Waals surface area contributed by atoms with Crippen molar-refractivity contribution in [2.45, 2.75) is 32.7 Å². The highest BCUT2D eigenvalue weighted by atomic mass is 35.5. The van der Waals surface area contributed by atoms with Gasteiger partial charge < -0.3 is 14.4 Å². The summed E-state index contributed by atoms with van der Waals surface area (Å²) in [5.41, 5.74) is 0.807. The Hall–Kier alpha value is -1.68. The summed E-state index contributed by atoms with van der Waals surface area (Å²) in [6, 6.07) is 3.97. The van der Waals surface area contributed by atoms with E-state index in [9.17, 15) is 4.79 Å². The maximum Gasteiger partial charge on any atom is 0.246 e. The molecule has 0 bridgehead atoms. The highest BCUT2D eigenvalue weighted by Crippen LogP contribution is 2.36. The van der Waals surface area contributed by atoms with Crippen molar-refractivity contribution < 1.29 is 14.3 Å². The fourth-order valence-electron chi connectivity index (χ4n) is 2.50. The van der Waals surface area contributed by atoms with Gasteiger partial charge >= 0.3 is 0 Å². The van der Waals surface area contributed by atoms with E-state index in [1.54, 1.807) is 38.5 Å². The Morgan fingerprint density at radius 1 is 1.35 bits per heavy atom. The van der Waals surface area contributed by atoms with Gasteiger partial charge in [-0.05, 0) is 42.5 Å². The van der Waals surface area contributed by atoms with Crippen LogP contribution in [-0.2, 0) is 4.79 Å². The molecule has 5 heteroatoms. The summed E-state index contributed by atoms with van der Waals surface area (Å²) in [5.74, 6) is 1.56. The highest BCUT2D eigenvalue weighted by Gasteiger charge is 2.31. The van der Waals surface area contributed by atoms with Crippen LogP contribution in [-0.4, -0.2) is 37.6 Å². The Labute approximate surface area is 143 Å². The molecule has 1 aromatic carbocycles. The van der Waals surface area contributed by atoms with Crippen LogP contribution in [0, 0.1) is 5.92 Å². The van der Waals surface area contributed by atoms with E-state index in [0.717, 1.165) is 24.9 Å². The predicted molar refractivity (Wildman–Crippen MR) is 93.2 cm³/mol. The first-order valence-electron chi connectivity index (χ1n) is 7.86. The number of carbonyl (C=O) groups is 1. The molecule has 1 aliphatic rings. The molecule has 0 saturated heterocycles. The molecule has 1 aliphatic carbocycles. The quantitative estimate of drug-likeness (QED) is 0.705. The van der Waals surface area contributed by atoms with Crippen LogP contribution >= 0.6 is 11.6 Å². The minimum absolute atomic E-state index is 0.0482. The lowest BCUT2D eigenvalue weighted by Crippen LogP contribution is -2.34. The number of ether oxygens (including phenoxy) is 2. The van der Waals surface area contributed by atoms with Gasteiger partial charge in [0.15, 0.2) is 11.5 Å². The van der Waals surface area contributed by atoms with E-state index >= 15 is 0 Å². The van der Waals surface area contributed by atoms with Gasteiger partial charge in [-0.15, -0.1) is 0 Å². The first-order valence-corrected chi connectivity index (χ1v) is 8.24. The maximum atomic E-state index is 12.4. The minimum atomic E-state index is 0.0482. The molecule has 0 aliphatic heterocycles. The van der Waals surface area contributed by atoms with Gasteiger partial charge in [-0.2, -0.15) is 0 Å². The van der Waals surface area contributed by atoms with E-state index in [2.05, 4.69) is 13.8 Å². The van der Waals surface area contributed by atoms with Gasteiger partial charge in [0.1, 0.15) is 0 Å². The Kier molecular flexibility index (Phi) is 5.94. The fraction of sp³-hybridized carbons (Fsp3) is 0.500. The van der Waals surface area contributed by atoms with E-state index in [-0.39, 0.29) is 5.91 Å². The molecule has 23 heavy (non-hydrogen) atoms. The van der Waals surface area contributed by atoms with Gasteiger partial charge in [-0.1, -0.05) is 25.4 Å². The van der Waals surface area contributed by atoms with Gasteiger partial charge in [-0.25, -0.2) is 0 Å². The van der Waals surface area contributed by atoms with Crippen molar-refractivity contribution in [2.75, 3.05) is 20.8 Å². The number of benzene rings is 1. The second kappa shape index (κ2) is 7.73. The summed E-state index contributed by atoms with van der Waals surface area (Å²) >= 11 is 6.19. The maximum absolute atomic E-state index is 12.4. The number of halogens is 1. The summed E-state index contributed by atoms with van der Waals surface area (Å²) in [6.07, 6.45) is 5.59. The van der Waals surface area contributed by atoms with Crippen molar-refractivity contribution in [3.63, 3.8) is 0 Å². The molecule has 0 unspecified atom stereocenters. The summed E-state index contributed by atoms with van der Waals surface area (Å²) in [7, 11) is 3.10. The first kappa shape index (κ1) is 17.7. The van der Waals surface area contributed by atoms with E-state index in [1.807, 2.05) is 4.90 Å². The molecule has 0 atom stereocenters. The SMILES string of the molecule is COc1cc(/C=C/C(=O)N(CC(C)C)C2CC2)cc(Cl)c1OC. The standard InChI is InChI=1S/C18H24ClNO3/c1-12(2)11-20(14-6-7-14)17(21)8-5-13-9-15(19)18(23-4)16(10-13)22-3/h5,8-10,12,14H,6-7,11H2,1-4H3/b8-5+. The summed E-state index contributed by atoms with van der Waals surface area (Å²) in [5, 5.41) is 0.458. The molecule has 126 valence electrons. The largest absolute Gasteiger partial charge is 0.493 e. The molecule has 0 radical (unpaired) electrons. The number of methoxy groups -OCH3 is 2. The number of rotatable bonds is 7. The smallest absolute Gasteiger partial charge is 0.246 e. The van der Waals surface area contributed by atoms with Crippen LogP contribution in [0.2, 0.25) is 5.02 Å². The first-order chi connectivity index (χ1) is 11.0. The minimum Gasteiger partial charge on any atom is -0.493 e. The third-order valence-corrected chi connectivity index (χ3v) is 3.99. The Balaban J connectivity index is 2.15. The monoisotopic (exact) mass is 337 g/mol. The zero-order valence-corrected chi connectivity index (χ0v) is 14.9. The van der Waals surface area contributed by atoms with Gasteiger partial charge in [0, 0.05) is 18.7 Å². The molecule has 2 rings (SSSR count). The summed E-state index contributed by atoms with van der Waals surface area (Å²) in [6.45, 7) is 5.04. The van der Waals surface area contributed by atoms with Crippen LogP contribution in [0.5, 0.6) is 11.5 Å². The van der Waals surface area contributed by atoms with Crippen LogP contribution in [0.1, 0.15) is 32.3 Å². The van der Waals surface area contributed by atoms with Crippen molar-refractivity contribution in [3.05, 3.63) is 28.8 Å². The molecule has 1 fully saturated rings. The molecule has 0 N–H and O–H groups in total. The summed E-state index contributed by atoms with van der Waals surface area (Å²) in [4.78, 5) is 14.4. The molecule has 0 heterocycles. The Bertz CT molecular complexity index is 594. The van der Waals surface area contributed by atoms with Gasteiger partial charge in [0.25, 0.3) is 0 Å². The van der Waals surface area contributed by atoms with Gasteiger partial charge in [-0.3, -0.25) is 4.79 Å². The van der Waals surface area contributed by atoms with Crippen LogP contribution in [0.15, 0.2) is 18.2 Å².